The minimum Gasteiger partial charge on any atom is -0.497 e. The van der Waals surface area contributed by atoms with Gasteiger partial charge in [0.1, 0.15) is 11.6 Å². The summed E-state index contributed by atoms with van der Waals surface area (Å²) in [4.78, 5) is 0. The van der Waals surface area contributed by atoms with E-state index in [0.29, 0.717) is 23.6 Å². The van der Waals surface area contributed by atoms with Crippen molar-refractivity contribution in [3.8, 4) is 11.5 Å². The molecule has 21 heavy (non-hydrogen) atoms. The molecule has 0 aliphatic carbocycles. The quantitative estimate of drug-likeness (QED) is 0.873. The van der Waals surface area contributed by atoms with E-state index in [4.69, 9.17) is 9.47 Å². The molecule has 0 amide bonds. The number of benzene rings is 2. The Labute approximate surface area is 122 Å². The van der Waals surface area contributed by atoms with E-state index in [1.54, 1.807) is 31.2 Å². The van der Waals surface area contributed by atoms with E-state index in [1.165, 1.54) is 19.2 Å². The van der Waals surface area contributed by atoms with Crippen LogP contribution in [0.3, 0.4) is 0 Å². The molecule has 0 heterocycles. The van der Waals surface area contributed by atoms with Crippen molar-refractivity contribution >= 4 is 5.69 Å². The fourth-order valence-electron chi connectivity index (χ4n) is 1.88. The van der Waals surface area contributed by atoms with Crippen LogP contribution in [0.2, 0.25) is 0 Å². The van der Waals surface area contributed by atoms with Gasteiger partial charge >= 0.3 is 0 Å². The standard InChI is InChI=1S/C16H17F2NO2/c1-3-21-16-7-5-12(8-15(16)18)19-10-11-4-6-13(20-2)9-14(11)17/h4-9,19H,3,10H2,1-2H3. The Bertz CT molecular complexity index is 617. The number of rotatable bonds is 6. The molecule has 0 bridgehead atoms. The lowest BCUT2D eigenvalue weighted by Crippen LogP contribution is -2.03. The van der Waals surface area contributed by atoms with Crippen LogP contribution in [0.4, 0.5) is 14.5 Å². The molecule has 1 N–H and O–H groups in total. The molecule has 0 aliphatic heterocycles. The summed E-state index contributed by atoms with van der Waals surface area (Å²) in [6, 6.07) is 9.19. The minimum atomic E-state index is -0.447. The van der Waals surface area contributed by atoms with Crippen LogP contribution in [-0.2, 0) is 6.54 Å². The van der Waals surface area contributed by atoms with Crippen LogP contribution in [-0.4, -0.2) is 13.7 Å². The largest absolute Gasteiger partial charge is 0.497 e. The highest BCUT2D eigenvalue weighted by atomic mass is 19.1. The van der Waals surface area contributed by atoms with E-state index in [9.17, 15) is 8.78 Å². The SMILES string of the molecule is CCOc1ccc(NCc2ccc(OC)cc2F)cc1F. The van der Waals surface area contributed by atoms with Crippen LogP contribution in [0.15, 0.2) is 36.4 Å². The first-order valence-electron chi connectivity index (χ1n) is 6.62. The Morgan fingerprint density at radius 1 is 1.05 bits per heavy atom. The maximum Gasteiger partial charge on any atom is 0.167 e. The topological polar surface area (TPSA) is 30.5 Å². The number of nitrogens with one attached hydrogen (secondary N) is 1. The molecule has 112 valence electrons. The van der Waals surface area contributed by atoms with Gasteiger partial charge in [0.2, 0.25) is 0 Å². The average molecular weight is 293 g/mol. The van der Waals surface area contributed by atoms with Gasteiger partial charge in [-0.3, -0.25) is 0 Å². The van der Waals surface area contributed by atoms with Gasteiger partial charge in [0, 0.05) is 29.9 Å². The van der Waals surface area contributed by atoms with Crippen molar-refractivity contribution in [3.05, 3.63) is 53.6 Å². The molecule has 0 radical (unpaired) electrons. The smallest absolute Gasteiger partial charge is 0.167 e. The molecule has 2 aromatic carbocycles. The van der Waals surface area contributed by atoms with Crippen molar-refractivity contribution in [1.29, 1.82) is 0 Å². The molecular formula is C16H17F2NO2. The highest BCUT2D eigenvalue weighted by molar-refractivity contribution is 5.48. The highest BCUT2D eigenvalue weighted by Gasteiger charge is 2.06. The lowest BCUT2D eigenvalue weighted by molar-refractivity contribution is 0.321. The van der Waals surface area contributed by atoms with Gasteiger partial charge in [0.15, 0.2) is 11.6 Å². The first-order chi connectivity index (χ1) is 10.1. The normalized spacial score (nSPS) is 10.3. The van der Waals surface area contributed by atoms with Crippen LogP contribution in [0, 0.1) is 11.6 Å². The van der Waals surface area contributed by atoms with Gasteiger partial charge < -0.3 is 14.8 Å². The third-order valence-electron chi connectivity index (χ3n) is 2.97. The zero-order valence-corrected chi connectivity index (χ0v) is 12.0. The van der Waals surface area contributed by atoms with Gasteiger partial charge in [-0.15, -0.1) is 0 Å². The lowest BCUT2D eigenvalue weighted by Gasteiger charge is -2.10. The summed E-state index contributed by atoms with van der Waals surface area (Å²) >= 11 is 0. The van der Waals surface area contributed by atoms with Gasteiger partial charge in [0.05, 0.1) is 13.7 Å². The third kappa shape index (κ3) is 3.84. The van der Waals surface area contributed by atoms with E-state index < -0.39 is 5.82 Å². The molecule has 2 rings (SSSR count). The monoisotopic (exact) mass is 293 g/mol. The maximum absolute atomic E-state index is 13.8. The Morgan fingerprint density at radius 2 is 1.86 bits per heavy atom. The molecule has 0 atom stereocenters. The van der Waals surface area contributed by atoms with Gasteiger partial charge in [0.25, 0.3) is 0 Å². The Kier molecular flexibility index (Phi) is 4.98. The molecule has 5 heteroatoms. The van der Waals surface area contributed by atoms with E-state index in [1.807, 2.05) is 0 Å². The Balaban J connectivity index is 2.04. The third-order valence-corrected chi connectivity index (χ3v) is 2.97. The second-order valence-corrected chi connectivity index (χ2v) is 4.39. The summed E-state index contributed by atoms with van der Waals surface area (Å²) in [6.45, 7) is 2.45. The number of ether oxygens (including phenoxy) is 2. The molecule has 2 aromatic rings. The molecular weight excluding hydrogens is 276 g/mol. The van der Waals surface area contributed by atoms with Crippen molar-refractivity contribution in [3.63, 3.8) is 0 Å². The summed E-state index contributed by atoms with van der Waals surface area (Å²) in [5.41, 5.74) is 1.04. The summed E-state index contributed by atoms with van der Waals surface area (Å²) in [6.07, 6.45) is 0. The zero-order valence-electron chi connectivity index (χ0n) is 12.0. The van der Waals surface area contributed by atoms with Crippen molar-refractivity contribution in [2.45, 2.75) is 13.5 Å². The maximum atomic E-state index is 13.8. The van der Waals surface area contributed by atoms with Crippen LogP contribution < -0.4 is 14.8 Å². The molecule has 0 spiro atoms. The first kappa shape index (κ1) is 15.1. The number of methoxy groups -OCH3 is 1. The van der Waals surface area contributed by atoms with Gasteiger partial charge in [-0.1, -0.05) is 6.07 Å². The van der Waals surface area contributed by atoms with Crippen molar-refractivity contribution in [2.24, 2.45) is 0 Å². The first-order valence-corrected chi connectivity index (χ1v) is 6.62. The predicted octanol–water partition coefficient (Wildman–Crippen LogP) is 3.98. The van der Waals surface area contributed by atoms with Crippen LogP contribution in [0.1, 0.15) is 12.5 Å². The van der Waals surface area contributed by atoms with Crippen LogP contribution in [0.5, 0.6) is 11.5 Å². The van der Waals surface area contributed by atoms with Crippen molar-refractivity contribution < 1.29 is 18.3 Å². The van der Waals surface area contributed by atoms with Crippen molar-refractivity contribution in [2.75, 3.05) is 19.0 Å². The van der Waals surface area contributed by atoms with Gasteiger partial charge in [-0.2, -0.15) is 0 Å². The zero-order chi connectivity index (χ0) is 15.2. The fraction of sp³-hybridized carbons (Fsp3) is 0.250. The van der Waals surface area contributed by atoms with Gasteiger partial charge in [-0.05, 0) is 25.1 Å². The molecule has 0 aromatic heterocycles. The number of anilines is 1. The lowest BCUT2D eigenvalue weighted by atomic mass is 10.2. The highest BCUT2D eigenvalue weighted by Crippen LogP contribution is 2.22. The van der Waals surface area contributed by atoms with Gasteiger partial charge in [-0.25, -0.2) is 8.78 Å². The molecule has 3 nitrogen and oxygen atoms in total. The van der Waals surface area contributed by atoms with Crippen LogP contribution in [0.25, 0.3) is 0 Å². The number of hydrogen-bond donors (Lipinski definition) is 1. The Hall–Kier alpha value is -2.30. The fourth-order valence-corrected chi connectivity index (χ4v) is 1.88. The van der Waals surface area contributed by atoms with E-state index in [2.05, 4.69) is 5.32 Å². The second kappa shape index (κ2) is 6.92. The predicted molar refractivity (Wildman–Crippen MR) is 77.8 cm³/mol. The minimum absolute atomic E-state index is 0.207. The molecule has 0 saturated heterocycles. The average Bonchev–Trinajstić information content (AvgIpc) is 2.48. The summed E-state index contributed by atoms with van der Waals surface area (Å²) < 4.78 is 37.5. The summed E-state index contributed by atoms with van der Waals surface area (Å²) in [5, 5.41) is 2.97. The van der Waals surface area contributed by atoms with E-state index in [0.717, 1.165) is 0 Å². The van der Waals surface area contributed by atoms with Crippen molar-refractivity contribution in [1.82, 2.24) is 0 Å². The second-order valence-electron chi connectivity index (χ2n) is 4.39. The molecule has 0 aliphatic rings. The van der Waals surface area contributed by atoms with E-state index >= 15 is 0 Å². The molecule has 0 saturated carbocycles. The number of hydrogen-bond acceptors (Lipinski definition) is 3. The van der Waals surface area contributed by atoms with Crippen LogP contribution >= 0.6 is 0 Å². The Morgan fingerprint density at radius 3 is 2.48 bits per heavy atom. The summed E-state index contributed by atoms with van der Waals surface area (Å²) in [5.74, 6) is -0.146. The van der Waals surface area contributed by atoms with E-state index in [-0.39, 0.29) is 18.1 Å². The molecule has 0 unspecified atom stereocenters. The number of halogens is 2. The summed E-state index contributed by atoms with van der Waals surface area (Å²) in [7, 11) is 1.48. The molecule has 0 fully saturated rings.